The summed E-state index contributed by atoms with van der Waals surface area (Å²) in [4.78, 5) is 26.0. The maximum absolute atomic E-state index is 12.3. The van der Waals surface area contributed by atoms with E-state index in [-0.39, 0.29) is 25.0 Å². The molecule has 106 valence electrons. The van der Waals surface area contributed by atoms with Gasteiger partial charge in [-0.2, -0.15) is 5.26 Å². The first-order valence-corrected chi connectivity index (χ1v) is 6.23. The highest BCUT2D eigenvalue weighted by molar-refractivity contribution is 5.80. The zero-order valence-electron chi connectivity index (χ0n) is 11.0. The van der Waals surface area contributed by atoms with Crippen LogP contribution in [0.15, 0.2) is 0 Å². The molecular weight excluding hydrogens is 250 g/mol. The number of amides is 2. The van der Waals surface area contributed by atoms with Crippen molar-refractivity contribution in [3.63, 3.8) is 0 Å². The molecule has 0 aromatic rings. The molecule has 7 nitrogen and oxygen atoms in total. The van der Waals surface area contributed by atoms with Crippen LogP contribution in [0.5, 0.6) is 0 Å². The van der Waals surface area contributed by atoms with Crippen LogP contribution >= 0.6 is 0 Å². The average molecular weight is 269 g/mol. The van der Waals surface area contributed by atoms with Crippen molar-refractivity contribution in [1.29, 1.82) is 5.26 Å². The average Bonchev–Trinajstić information content (AvgIpc) is 3.19. The predicted octanol–water partition coefficient (Wildman–Crippen LogP) is 0.517. The van der Waals surface area contributed by atoms with Crippen LogP contribution in [0.25, 0.3) is 0 Å². The fourth-order valence-electron chi connectivity index (χ4n) is 1.76. The van der Waals surface area contributed by atoms with E-state index in [1.165, 1.54) is 16.9 Å². The summed E-state index contributed by atoms with van der Waals surface area (Å²) >= 11 is 0. The van der Waals surface area contributed by atoms with E-state index in [0.29, 0.717) is 19.7 Å². The van der Waals surface area contributed by atoms with E-state index >= 15 is 0 Å². The molecule has 1 aliphatic rings. The Morgan fingerprint density at radius 3 is 2.58 bits per heavy atom. The minimum Gasteiger partial charge on any atom is -0.480 e. The third-order valence-corrected chi connectivity index (χ3v) is 2.87. The highest BCUT2D eigenvalue weighted by atomic mass is 16.5. The number of ether oxygens (including phenoxy) is 1. The van der Waals surface area contributed by atoms with Crippen LogP contribution in [0.2, 0.25) is 0 Å². The van der Waals surface area contributed by atoms with Gasteiger partial charge < -0.3 is 19.6 Å². The number of nitrogens with zero attached hydrogens (tertiary/aromatic N) is 3. The van der Waals surface area contributed by atoms with E-state index in [0.717, 1.165) is 12.8 Å². The second-order valence-corrected chi connectivity index (χ2v) is 4.42. The monoisotopic (exact) mass is 269 g/mol. The van der Waals surface area contributed by atoms with Crippen molar-refractivity contribution in [3.8, 4) is 6.07 Å². The molecule has 0 bridgehead atoms. The lowest BCUT2D eigenvalue weighted by atomic mass is 10.4. The standard InChI is InChI=1S/C12H19N3O4/c1-19-8-7-14(6-2-5-13)12(18)15(9-11(16)17)10-3-4-10/h10H,2-4,6-9H2,1H3,(H,16,17). The molecule has 0 aromatic heterocycles. The number of methoxy groups -OCH3 is 1. The van der Waals surface area contributed by atoms with Crippen LogP contribution in [0, 0.1) is 11.3 Å². The summed E-state index contributed by atoms with van der Waals surface area (Å²) in [5.41, 5.74) is 0. The van der Waals surface area contributed by atoms with Crippen LogP contribution < -0.4 is 0 Å². The molecule has 0 unspecified atom stereocenters. The molecule has 19 heavy (non-hydrogen) atoms. The SMILES string of the molecule is COCCN(CCC#N)C(=O)N(CC(=O)O)C1CC1. The molecule has 7 heteroatoms. The van der Waals surface area contributed by atoms with Gasteiger partial charge in [0.05, 0.1) is 19.1 Å². The van der Waals surface area contributed by atoms with Crippen molar-refractivity contribution in [2.75, 3.05) is 33.4 Å². The van der Waals surface area contributed by atoms with Gasteiger partial charge in [0.15, 0.2) is 0 Å². The lowest BCUT2D eigenvalue weighted by Gasteiger charge is -2.29. The zero-order valence-corrected chi connectivity index (χ0v) is 11.0. The third-order valence-electron chi connectivity index (χ3n) is 2.87. The van der Waals surface area contributed by atoms with Crippen LogP contribution in [0.4, 0.5) is 4.79 Å². The summed E-state index contributed by atoms with van der Waals surface area (Å²) in [6, 6.07) is 1.69. The molecule has 0 radical (unpaired) electrons. The van der Waals surface area contributed by atoms with Gasteiger partial charge in [-0.1, -0.05) is 0 Å². The molecule has 0 saturated heterocycles. The smallest absolute Gasteiger partial charge is 0.323 e. The van der Waals surface area contributed by atoms with Gasteiger partial charge in [0, 0.05) is 26.2 Å². The number of hydrogen-bond acceptors (Lipinski definition) is 4. The van der Waals surface area contributed by atoms with Crippen molar-refractivity contribution >= 4 is 12.0 Å². The fourth-order valence-corrected chi connectivity index (χ4v) is 1.76. The Hall–Kier alpha value is -1.81. The summed E-state index contributed by atoms with van der Waals surface area (Å²) in [7, 11) is 1.53. The number of hydrogen-bond donors (Lipinski definition) is 1. The van der Waals surface area contributed by atoms with Gasteiger partial charge >= 0.3 is 12.0 Å². The van der Waals surface area contributed by atoms with Gasteiger partial charge in [0.2, 0.25) is 0 Å². The molecule has 1 N–H and O–H groups in total. The lowest BCUT2D eigenvalue weighted by Crippen LogP contribution is -2.47. The van der Waals surface area contributed by atoms with Crippen LogP contribution in [0.1, 0.15) is 19.3 Å². The number of carboxylic acids is 1. The lowest BCUT2D eigenvalue weighted by molar-refractivity contribution is -0.137. The highest BCUT2D eigenvalue weighted by Gasteiger charge is 2.35. The van der Waals surface area contributed by atoms with Gasteiger partial charge in [-0.15, -0.1) is 0 Å². The van der Waals surface area contributed by atoms with Crippen molar-refractivity contribution in [3.05, 3.63) is 0 Å². The highest BCUT2D eigenvalue weighted by Crippen LogP contribution is 2.27. The van der Waals surface area contributed by atoms with Crippen molar-refractivity contribution in [1.82, 2.24) is 9.80 Å². The number of urea groups is 1. The zero-order chi connectivity index (χ0) is 14.3. The Morgan fingerprint density at radius 2 is 2.11 bits per heavy atom. The second-order valence-electron chi connectivity index (χ2n) is 4.42. The summed E-state index contributed by atoms with van der Waals surface area (Å²) in [5, 5.41) is 17.5. The molecule has 1 saturated carbocycles. The van der Waals surface area contributed by atoms with E-state index in [9.17, 15) is 9.59 Å². The predicted molar refractivity (Wildman–Crippen MR) is 66.4 cm³/mol. The first kappa shape index (κ1) is 15.2. The van der Waals surface area contributed by atoms with E-state index < -0.39 is 5.97 Å². The van der Waals surface area contributed by atoms with Crippen LogP contribution in [-0.4, -0.2) is 66.3 Å². The van der Waals surface area contributed by atoms with E-state index in [4.69, 9.17) is 15.1 Å². The Bertz CT molecular complexity index is 362. The van der Waals surface area contributed by atoms with Gasteiger partial charge in [0.1, 0.15) is 6.54 Å². The fraction of sp³-hybridized carbons (Fsp3) is 0.750. The molecule has 0 spiro atoms. The van der Waals surface area contributed by atoms with Crippen LogP contribution in [0.3, 0.4) is 0 Å². The molecule has 0 atom stereocenters. The number of carbonyl (C=O) groups is 2. The number of carboxylic acid groups (broad SMARTS) is 1. The molecular formula is C12H19N3O4. The second kappa shape index (κ2) is 7.59. The first-order valence-electron chi connectivity index (χ1n) is 6.23. The molecule has 0 aromatic carbocycles. The summed E-state index contributed by atoms with van der Waals surface area (Å²) in [6.07, 6.45) is 1.91. The number of carbonyl (C=O) groups excluding carboxylic acids is 1. The Morgan fingerprint density at radius 1 is 1.42 bits per heavy atom. The van der Waals surface area contributed by atoms with Crippen molar-refractivity contribution < 1.29 is 19.4 Å². The van der Waals surface area contributed by atoms with E-state index in [1.54, 1.807) is 0 Å². The third kappa shape index (κ3) is 5.14. The topological polar surface area (TPSA) is 93.9 Å². The minimum atomic E-state index is -1.02. The maximum Gasteiger partial charge on any atom is 0.323 e. The van der Waals surface area contributed by atoms with Crippen molar-refractivity contribution in [2.45, 2.75) is 25.3 Å². The Labute approximate surface area is 112 Å². The molecule has 1 aliphatic carbocycles. The maximum atomic E-state index is 12.3. The van der Waals surface area contributed by atoms with E-state index in [1.807, 2.05) is 6.07 Å². The number of nitriles is 1. The number of aliphatic carboxylic acids is 1. The van der Waals surface area contributed by atoms with Gasteiger partial charge in [-0.25, -0.2) is 4.79 Å². The molecule has 0 heterocycles. The summed E-state index contributed by atoms with van der Waals surface area (Å²) in [6.45, 7) is 0.726. The molecule has 1 rings (SSSR count). The van der Waals surface area contributed by atoms with Crippen molar-refractivity contribution in [2.24, 2.45) is 0 Å². The molecule has 0 aliphatic heterocycles. The van der Waals surface area contributed by atoms with Gasteiger partial charge in [-0.3, -0.25) is 4.79 Å². The van der Waals surface area contributed by atoms with Crippen LogP contribution in [-0.2, 0) is 9.53 Å². The quantitative estimate of drug-likeness (QED) is 0.693. The molecule has 1 fully saturated rings. The summed E-state index contributed by atoms with van der Waals surface area (Å²) in [5.74, 6) is -1.02. The Balaban J connectivity index is 2.64. The summed E-state index contributed by atoms with van der Waals surface area (Å²) < 4.78 is 4.93. The van der Waals surface area contributed by atoms with Gasteiger partial charge in [-0.05, 0) is 12.8 Å². The number of rotatable bonds is 8. The minimum absolute atomic E-state index is 0.0238. The molecule has 2 amide bonds. The largest absolute Gasteiger partial charge is 0.480 e. The first-order chi connectivity index (χ1) is 9.10. The normalized spacial score (nSPS) is 13.7. The van der Waals surface area contributed by atoms with Gasteiger partial charge in [0.25, 0.3) is 0 Å². The van der Waals surface area contributed by atoms with E-state index in [2.05, 4.69) is 0 Å². The Kier molecular flexibility index (Phi) is 6.09.